The fraction of sp³-hybridized carbons (Fsp3) is 0.500. The third-order valence-corrected chi connectivity index (χ3v) is 3.61. The molecule has 104 valence electrons. The highest BCUT2D eigenvalue weighted by Gasteiger charge is 2.31. The van der Waals surface area contributed by atoms with Gasteiger partial charge in [-0.2, -0.15) is 0 Å². The number of hydrogen-bond donors (Lipinski definition) is 2. The standard InChI is InChI=1S/C14H17F2NO2/c1-14(2)4-3-9(7-14)17-12-10(15)5-8(13(18)19)6-11(12)16/h5-6,9,17H,3-4,7H2,1-2H3,(H,18,19). The maximum atomic E-state index is 13.8. The van der Waals surface area contributed by atoms with Crippen LogP contribution in [0.2, 0.25) is 0 Å². The lowest BCUT2D eigenvalue weighted by atomic mass is 9.92. The van der Waals surface area contributed by atoms with Crippen molar-refractivity contribution in [1.82, 2.24) is 0 Å². The van der Waals surface area contributed by atoms with Crippen LogP contribution in [0.15, 0.2) is 12.1 Å². The normalized spacial score (nSPS) is 21.4. The molecule has 0 spiro atoms. The fourth-order valence-electron chi connectivity index (χ4n) is 2.60. The van der Waals surface area contributed by atoms with E-state index in [2.05, 4.69) is 19.2 Å². The van der Waals surface area contributed by atoms with Crippen LogP contribution < -0.4 is 5.32 Å². The van der Waals surface area contributed by atoms with E-state index >= 15 is 0 Å². The van der Waals surface area contributed by atoms with Gasteiger partial charge in [0.05, 0.1) is 5.56 Å². The first-order valence-electron chi connectivity index (χ1n) is 6.27. The minimum absolute atomic E-state index is 0.0229. The van der Waals surface area contributed by atoms with Gasteiger partial charge in [0.25, 0.3) is 0 Å². The Labute approximate surface area is 110 Å². The molecule has 1 aromatic rings. The first-order chi connectivity index (χ1) is 8.78. The van der Waals surface area contributed by atoms with Gasteiger partial charge in [-0.15, -0.1) is 0 Å². The van der Waals surface area contributed by atoms with Gasteiger partial charge in [-0.05, 0) is 36.8 Å². The summed E-state index contributed by atoms with van der Waals surface area (Å²) < 4.78 is 27.5. The molecule has 0 heterocycles. The average molecular weight is 269 g/mol. The number of rotatable bonds is 3. The van der Waals surface area contributed by atoms with E-state index in [0.717, 1.165) is 31.4 Å². The first-order valence-corrected chi connectivity index (χ1v) is 6.27. The highest BCUT2D eigenvalue weighted by atomic mass is 19.1. The molecule has 0 bridgehead atoms. The summed E-state index contributed by atoms with van der Waals surface area (Å²) in [4.78, 5) is 10.7. The van der Waals surface area contributed by atoms with Gasteiger partial charge in [-0.25, -0.2) is 13.6 Å². The molecular formula is C14H17F2NO2. The Morgan fingerprint density at radius 3 is 2.37 bits per heavy atom. The summed E-state index contributed by atoms with van der Waals surface area (Å²) in [5, 5.41) is 11.6. The molecular weight excluding hydrogens is 252 g/mol. The third kappa shape index (κ3) is 3.03. The number of anilines is 1. The largest absolute Gasteiger partial charge is 0.478 e. The van der Waals surface area contributed by atoms with E-state index in [9.17, 15) is 13.6 Å². The molecule has 1 atom stereocenters. The number of hydrogen-bond acceptors (Lipinski definition) is 2. The lowest BCUT2D eigenvalue weighted by Gasteiger charge is -2.19. The van der Waals surface area contributed by atoms with Crippen molar-refractivity contribution in [1.29, 1.82) is 0 Å². The number of aromatic carboxylic acids is 1. The van der Waals surface area contributed by atoms with Crippen LogP contribution in [-0.2, 0) is 0 Å². The molecule has 0 aromatic heterocycles. The van der Waals surface area contributed by atoms with Crippen LogP contribution in [0.4, 0.5) is 14.5 Å². The van der Waals surface area contributed by atoms with Crippen LogP contribution in [0.25, 0.3) is 0 Å². The van der Waals surface area contributed by atoms with Gasteiger partial charge in [0.15, 0.2) is 0 Å². The number of halogens is 2. The monoisotopic (exact) mass is 269 g/mol. The van der Waals surface area contributed by atoms with Crippen molar-refractivity contribution in [2.45, 2.75) is 39.2 Å². The molecule has 1 aliphatic rings. The Kier molecular flexibility index (Phi) is 3.47. The van der Waals surface area contributed by atoms with Crippen LogP contribution in [0, 0.1) is 17.0 Å². The van der Waals surface area contributed by atoms with Crippen molar-refractivity contribution in [3.8, 4) is 0 Å². The van der Waals surface area contributed by atoms with Crippen molar-refractivity contribution >= 4 is 11.7 Å². The lowest BCUT2D eigenvalue weighted by molar-refractivity contribution is 0.0696. The molecule has 1 unspecified atom stereocenters. The van der Waals surface area contributed by atoms with E-state index in [1.165, 1.54) is 0 Å². The number of nitrogens with one attached hydrogen (secondary N) is 1. The molecule has 0 amide bonds. The summed E-state index contributed by atoms with van der Waals surface area (Å²) in [6.07, 6.45) is 2.69. The van der Waals surface area contributed by atoms with Crippen molar-refractivity contribution in [2.24, 2.45) is 5.41 Å². The highest BCUT2D eigenvalue weighted by Crippen LogP contribution is 2.38. The SMILES string of the molecule is CC1(C)CCC(Nc2c(F)cc(C(=O)O)cc2F)C1. The quantitative estimate of drug-likeness (QED) is 0.880. The van der Waals surface area contributed by atoms with Crippen molar-refractivity contribution < 1.29 is 18.7 Å². The molecule has 0 aliphatic heterocycles. The minimum atomic E-state index is -1.34. The summed E-state index contributed by atoms with van der Waals surface area (Å²) in [5.74, 6) is -3.06. The zero-order valence-corrected chi connectivity index (χ0v) is 11.0. The molecule has 19 heavy (non-hydrogen) atoms. The van der Waals surface area contributed by atoms with Gasteiger partial charge >= 0.3 is 5.97 Å². The Morgan fingerprint density at radius 2 is 1.95 bits per heavy atom. The number of benzene rings is 1. The van der Waals surface area contributed by atoms with E-state index in [4.69, 9.17) is 5.11 Å². The number of carboxylic acid groups (broad SMARTS) is 1. The Morgan fingerprint density at radius 1 is 1.37 bits per heavy atom. The molecule has 2 rings (SSSR count). The van der Waals surface area contributed by atoms with Gasteiger partial charge in [0, 0.05) is 6.04 Å². The van der Waals surface area contributed by atoms with Crippen LogP contribution in [-0.4, -0.2) is 17.1 Å². The van der Waals surface area contributed by atoms with Crippen LogP contribution in [0.3, 0.4) is 0 Å². The van der Waals surface area contributed by atoms with Gasteiger partial charge < -0.3 is 10.4 Å². The van der Waals surface area contributed by atoms with Gasteiger partial charge in [-0.1, -0.05) is 13.8 Å². The summed E-state index contributed by atoms with van der Waals surface area (Å²) in [6.45, 7) is 4.24. The van der Waals surface area contributed by atoms with E-state index in [-0.39, 0.29) is 22.7 Å². The van der Waals surface area contributed by atoms with E-state index in [1.54, 1.807) is 0 Å². The second kappa shape index (κ2) is 4.79. The number of carbonyl (C=O) groups is 1. The molecule has 1 saturated carbocycles. The predicted octanol–water partition coefficient (Wildman–Crippen LogP) is 3.65. The van der Waals surface area contributed by atoms with Gasteiger partial charge in [-0.3, -0.25) is 0 Å². The van der Waals surface area contributed by atoms with E-state index in [1.807, 2.05) is 0 Å². The first kappa shape index (κ1) is 13.8. The predicted molar refractivity (Wildman–Crippen MR) is 68.4 cm³/mol. The highest BCUT2D eigenvalue weighted by molar-refractivity contribution is 5.88. The molecule has 5 heteroatoms. The molecule has 2 N–H and O–H groups in total. The average Bonchev–Trinajstić information content (AvgIpc) is 2.63. The summed E-state index contributed by atoms with van der Waals surface area (Å²) in [7, 11) is 0. The van der Waals surface area contributed by atoms with Crippen LogP contribution in [0.5, 0.6) is 0 Å². The molecule has 3 nitrogen and oxygen atoms in total. The second-order valence-corrected chi connectivity index (χ2v) is 5.87. The summed E-state index contributed by atoms with van der Waals surface area (Å²) in [5.41, 5.74) is -0.439. The molecule has 1 fully saturated rings. The lowest BCUT2D eigenvalue weighted by Crippen LogP contribution is -2.19. The maximum absolute atomic E-state index is 13.8. The molecule has 1 aromatic carbocycles. The Hall–Kier alpha value is -1.65. The van der Waals surface area contributed by atoms with Crippen molar-refractivity contribution in [3.05, 3.63) is 29.3 Å². The van der Waals surface area contributed by atoms with E-state index in [0.29, 0.717) is 0 Å². The summed E-state index contributed by atoms with van der Waals surface area (Å²) in [6, 6.07) is 1.71. The third-order valence-electron chi connectivity index (χ3n) is 3.61. The molecule has 1 aliphatic carbocycles. The van der Waals surface area contributed by atoms with Crippen molar-refractivity contribution in [3.63, 3.8) is 0 Å². The Balaban J connectivity index is 2.20. The summed E-state index contributed by atoms with van der Waals surface area (Å²) >= 11 is 0. The molecule has 0 radical (unpaired) electrons. The fourth-order valence-corrected chi connectivity index (χ4v) is 2.60. The minimum Gasteiger partial charge on any atom is -0.478 e. The van der Waals surface area contributed by atoms with Crippen LogP contribution in [0.1, 0.15) is 43.5 Å². The van der Waals surface area contributed by atoms with Gasteiger partial charge in [0.1, 0.15) is 17.3 Å². The van der Waals surface area contributed by atoms with Crippen LogP contribution >= 0.6 is 0 Å². The zero-order valence-electron chi connectivity index (χ0n) is 11.0. The Bertz CT molecular complexity index is 491. The van der Waals surface area contributed by atoms with Crippen molar-refractivity contribution in [2.75, 3.05) is 5.32 Å². The number of carboxylic acids is 1. The molecule has 0 saturated heterocycles. The smallest absolute Gasteiger partial charge is 0.335 e. The second-order valence-electron chi connectivity index (χ2n) is 5.87. The zero-order chi connectivity index (χ0) is 14.2. The van der Waals surface area contributed by atoms with E-state index < -0.39 is 17.6 Å². The topological polar surface area (TPSA) is 49.3 Å². The van der Waals surface area contributed by atoms with Gasteiger partial charge in [0.2, 0.25) is 0 Å². The maximum Gasteiger partial charge on any atom is 0.335 e.